The summed E-state index contributed by atoms with van der Waals surface area (Å²) in [6.45, 7) is 4.03. The second-order valence-corrected chi connectivity index (χ2v) is 15.0. The first-order valence-electron chi connectivity index (χ1n) is 21.6. The van der Waals surface area contributed by atoms with Crippen molar-refractivity contribution in [2.45, 2.75) is 250 Å². The van der Waals surface area contributed by atoms with E-state index >= 15 is 0 Å². The standard InChI is InChI=1S/C43H85NO5/c1-3-5-7-9-11-13-15-17-18-19-20-21-22-23-24-25-27-29-31-33-35-37-41(47)43(49)44-39(38-45)42(48)40(46)36-34-32-30-28-26-16-14-12-10-8-6-4-2/h28,30,39-42,45-48H,3-27,29,31-38H2,1-2H3,(H,44,49)/b30-28+/t39-,40-,41-,42+/m1/s1. The maximum Gasteiger partial charge on any atom is 0.249 e. The second kappa shape index (κ2) is 38.3. The Hall–Kier alpha value is -0.950. The van der Waals surface area contributed by atoms with Gasteiger partial charge in [-0.3, -0.25) is 4.79 Å². The highest BCUT2D eigenvalue weighted by Crippen LogP contribution is 2.16. The average Bonchev–Trinajstić information content (AvgIpc) is 3.11. The van der Waals surface area contributed by atoms with Crippen molar-refractivity contribution in [3.63, 3.8) is 0 Å². The van der Waals surface area contributed by atoms with E-state index < -0.39 is 36.9 Å². The molecule has 0 radical (unpaired) electrons. The molecule has 0 fully saturated rings. The van der Waals surface area contributed by atoms with Crippen molar-refractivity contribution in [2.75, 3.05) is 6.61 Å². The van der Waals surface area contributed by atoms with Gasteiger partial charge in [-0.05, 0) is 38.5 Å². The number of rotatable bonds is 39. The zero-order valence-electron chi connectivity index (χ0n) is 32.7. The largest absolute Gasteiger partial charge is 0.394 e. The Morgan fingerprint density at radius 2 is 0.837 bits per heavy atom. The van der Waals surface area contributed by atoms with Crippen molar-refractivity contribution in [3.05, 3.63) is 12.2 Å². The zero-order valence-corrected chi connectivity index (χ0v) is 32.7. The van der Waals surface area contributed by atoms with E-state index in [9.17, 15) is 25.2 Å². The fourth-order valence-corrected chi connectivity index (χ4v) is 6.76. The van der Waals surface area contributed by atoms with Gasteiger partial charge >= 0.3 is 0 Å². The lowest BCUT2D eigenvalue weighted by Gasteiger charge is -2.27. The third-order valence-electron chi connectivity index (χ3n) is 10.2. The summed E-state index contributed by atoms with van der Waals surface area (Å²) in [7, 11) is 0. The molecule has 0 saturated carbocycles. The molecule has 0 aliphatic heterocycles. The first kappa shape index (κ1) is 48.0. The van der Waals surface area contributed by atoms with Gasteiger partial charge in [-0.15, -0.1) is 0 Å². The van der Waals surface area contributed by atoms with Crippen molar-refractivity contribution < 1.29 is 25.2 Å². The summed E-state index contributed by atoms with van der Waals surface area (Å²) in [6, 6.07) is -0.996. The molecule has 49 heavy (non-hydrogen) atoms. The number of amides is 1. The number of unbranched alkanes of at least 4 members (excludes halogenated alkanes) is 28. The predicted octanol–water partition coefficient (Wildman–Crippen LogP) is 11.0. The van der Waals surface area contributed by atoms with Crippen molar-refractivity contribution in [3.8, 4) is 0 Å². The molecule has 6 nitrogen and oxygen atoms in total. The fourth-order valence-electron chi connectivity index (χ4n) is 6.76. The van der Waals surface area contributed by atoms with Gasteiger partial charge in [0.05, 0.1) is 18.8 Å². The summed E-state index contributed by atoms with van der Waals surface area (Å²) in [5, 5.41) is 43.5. The number of hydrogen-bond acceptors (Lipinski definition) is 5. The summed E-state index contributed by atoms with van der Waals surface area (Å²) >= 11 is 0. The fraction of sp³-hybridized carbons (Fsp3) is 0.930. The van der Waals surface area contributed by atoms with Crippen LogP contribution in [0, 0.1) is 0 Å². The number of carbonyl (C=O) groups excluding carboxylic acids is 1. The van der Waals surface area contributed by atoms with Crippen LogP contribution < -0.4 is 5.32 Å². The lowest BCUT2D eigenvalue weighted by Crippen LogP contribution is -2.53. The van der Waals surface area contributed by atoms with E-state index in [-0.39, 0.29) is 0 Å². The van der Waals surface area contributed by atoms with Gasteiger partial charge in [-0.25, -0.2) is 0 Å². The molecule has 1 amide bonds. The molecule has 0 unspecified atom stereocenters. The SMILES string of the molecule is CCCCCCCCC/C=C/CCC[C@@H](O)[C@@H](O)[C@@H](CO)NC(=O)[C@H](O)CCCCCCCCCCCCCCCCCCCCCCC. The second-order valence-electron chi connectivity index (χ2n) is 15.0. The summed E-state index contributed by atoms with van der Waals surface area (Å²) in [6.07, 6.45) is 41.0. The molecule has 6 heteroatoms. The van der Waals surface area contributed by atoms with Crippen LogP contribution in [0.5, 0.6) is 0 Å². The Labute approximate surface area is 304 Å². The molecule has 0 spiro atoms. The number of aliphatic hydroxyl groups is 4. The van der Waals surface area contributed by atoms with Crippen molar-refractivity contribution >= 4 is 5.91 Å². The van der Waals surface area contributed by atoms with Gasteiger partial charge in [0.2, 0.25) is 5.91 Å². The third-order valence-corrected chi connectivity index (χ3v) is 10.2. The summed E-state index contributed by atoms with van der Waals surface area (Å²) in [4.78, 5) is 12.5. The number of nitrogens with one attached hydrogen (secondary N) is 1. The van der Waals surface area contributed by atoms with Crippen LogP contribution in [-0.4, -0.2) is 57.3 Å². The van der Waals surface area contributed by atoms with Gasteiger partial charge in [-0.1, -0.05) is 199 Å². The molecule has 0 bridgehead atoms. The molecular formula is C43H85NO5. The predicted molar refractivity (Wildman–Crippen MR) is 210 cm³/mol. The minimum Gasteiger partial charge on any atom is -0.394 e. The molecule has 0 aliphatic rings. The van der Waals surface area contributed by atoms with Crippen LogP contribution in [0.1, 0.15) is 226 Å². The van der Waals surface area contributed by atoms with Gasteiger partial charge in [0.1, 0.15) is 12.2 Å². The third kappa shape index (κ3) is 32.7. The highest BCUT2D eigenvalue weighted by Gasteiger charge is 2.28. The van der Waals surface area contributed by atoms with Crippen molar-refractivity contribution in [1.29, 1.82) is 0 Å². The molecule has 0 saturated heterocycles. The topological polar surface area (TPSA) is 110 Å². The number of hydrogen-bond donors (Lipinski definition) is 5. The Balaban J connectivity index is 3.71. The first-order chi connectivity index (χ1) is 24.0. The number of aliphatic hydroxyl groups excluding tert-OH is 4. The van der Waals surface area contributed by atoms with E-state index in [1.165, 1.54) is 161 Å². The Morgan fingerprint density at radius 1 is 0.490 bits per heavy atom. The lowest BCUT2D eigenvalue weighted by molar-refractivity contribution is -0.132. The monoisotopic (exact) mass is 696 g/mol. The number of allylic oxidation sites excluding steroid dienone is 2. The van der Waals surface area contributed by atoms with Gasteiger partial charge in [0.25, 0.3) is 0 Å². The molecule has 0 rings (SSSR count). The zero-order chi connectivity index (χ0) is 36.0. The van der Waals surface area contributed by atoms with E-state index in [4.69, 9.17) is 0 Å². The van der Waals surface area contributed by atoms with Crippen LogP contribution in [-0.2, 0) is 4.79 Å². The molecule has 0 aromatic rings. The van der Waals surface area contributed by atoms with Gasteiger partial charge in [0, 0.05) is 0 Å². The van der Waals surface area contributed by atoms with Crippen LogP contribution in [0.4, 0.5) is 0 Å². The van der Waals surface area contributed by atoms with Gasteiger partial charge in [-0.2, -0.15) is 0 Å². The van der Waals surface area contributed by atoms with Gasteiger partial charge in [0.15, 0.2) is 0 Å². The van der Waals surface area contributed by atoms with Gasteiger partial charge < -0.3 is 25.7 Å². The minimum atomic E-state index is -1.28. The van der Waals surface area contributed by atoms with Crippen molar-refractivity contribution in [2.24, 2.45) is 0 Å². The highest BCUT2D eigenvalue weighted by atomic mass is 16.3. The lowest BCUT2D eigenvalue weighted by atomic mass is 10.00. The normalized spacial score (nSPS) is 14.3. The van der Waals surface area contributed by atoms with Crippen LogP contribution >= 0.6 is 0 Å². The maximum absolute atomic E-state index is 12.5. The van der Waals surface area contributed by atoms with E-state index in [0.717, 1.165) is 38.5 Å². The summed E-state index contributed by atoms with van der Waals surface area (Å²) < 4.78 is 0. The summed E-state index contributed by atoms with van der Waals surface area (Å²) in [5.74, 6) is -0.591. The Morgan fingerprint density at radius 3 is 1.22 bits per heavy atom. The van der Waals surface area contributed by atoms with E-state index in [1.54, 1.807) is 0 Å². The molecule has 292 valence electrons. The van der Waals surface area contributed by atoms with Crippen molar-refractivity contribution in [1.82, 2.24) is 5.32 Å². The quantitative estimate of drug-likeness (QED) is 0.0325. The molecule has 0 heterocycles. The van der Waals surface area contributed by atoms with E-state index in [2.05, 4.69) is 31.3 Å². The van der Waals surface area contributed by atoms with E-state index in [0.29, 0.717) is 12.8 Å². The molecule has 5 N–H and O–H groups in total. The minimum absolute atomic E-state index is 0.368. The Kier molecular flexibility index (Phi) is 37.5. The molecule has 0 aromatic heterocycles. The first-order valence-corrected chi connectivity index (χ1v) is 21.6. The van der Waals surface area contributed by atoms with Crippen LogP contribution in [0.3, 0.4) is 0 Å². The van der Waals surface area contributed by atoms with Crippen LogP contribution in [0.2, 0.25) is 0 Å². The molecular weight excluding hydrogens is 610 g/mol. The molecule has 0 aromatic carbocycles. The maximum atomic E-state index is 12.5. The molecule has 0 aliphatic carbocycles. The molecule has 4 atom stereocenters. The summed E-state index contributed by atoms with van der Waals surface area (Å²) in [5.41, 5.74) is 0. The van der Waals surface area contributed by atoms with Crippen LogP contribution in [0.15, 0.2) is 12.2 Å². The highest BCUT2D eigenvalue weighted by molar-refractivity contribution is 5.80. The Bertz CT molecular complexity index is 702. The van der Waals surface area contributed by atoms with E-state index in [1.807, 2.05) is 0 Å². The number of carbonyl (C=O) groups is 1. The average molecular weight is 696 g/mol. The smallest absolute Gasteiger partial charge is 0.249 e. The van der Waals surface area contributed by atoms with Crippen LogP contribution in [0.25, 0.3) is 0 Å².